The van der Waals surface area contributed by atoms with Gasteiger partial charge in [-0.25, -0.2) is 0 Å². The van der Waals surface area contributed by atoms with Crippen molar-refractivity contribution in [2.75, 3.05) is 31.6 Å². The number of anilines is 1. The lowest BCUT2D eigenvalue weighted by Gasteiger charge is -2.26. The first kappa shape index (κ1) is 13.1. The molecule has 1 saturated heterocycles. The number of carbonyl (C=O) groups excluding carboxylic acids is 1. The summed E-state index contributed by atoms with van der Waals surface area (Å²) in [5, 5.41) is 6.66. The molecule has 18 heavy (non-hydrogen) atoms. The van der Waals surface area contributed by atoms with Crippen molar-refractivity contribution in [1.82, 2.24) is 10.6 Å². The number of nitrogens with one attached hydrogen (secondary N) is 2. The molecule has 1 unspecified atom stereocenters. The molecular formula is C14H21N3O. The van der Waals surface area contributed by atoms with Crippen LogP contribution >= 0.6 is 0 Å². The summed E-state index contributed by atoms with van der Waals surface area (Å²) in [5.74, 6) is 0.0920. The summed E-state index contributed by atoms with van der Waals surface area (Å²) in [6.07, 6.45) is 1.06. The highest BCUT2D eigenvalue weighted by Crippen LogP contribution is 2.14. The van der Waals surface area contributed by atoms with E-state index in [1.165, 1.54) is 0 Å². The van der Waals surface area contributed by atoms with Gasteiger partial charge in [0.25, 0.3) is 0 Å². The Kier molecular flexibility index (Phi) is 3.99. The molecule has 98 valence electrons. The third kappa shape index (κ3) is 3.09. The number of hydrogen-bond donors (Lipinski definition) is 2. The predicted octanol–water partition coefficient (Wildman–Crippen LogP) is 0.991. The van der Waals surface area contributed by atoms with Crippen molar-refractivity contribution >= 4 is 11.6 Å². The second kappa shape index (κ2) is 5.50. The number of nitrogens with zero attached hydrogens (tertiary/aromatic N) is 1. The number of para-hydroxylation sites is 1. The van der Waals surface area contributed by atoms with Crippen molar-refractivity contribution in [1.29, 1.82) is 0 Å². The Morgan fingerprint density at radius 3 is 2.78 bits per heavy atom. The van der Waals surface area contributed by atoms with Gasteiger partial charge in [-0.05, 0) is 32.0 Å². The molecule has 4 heteroatoms. The summed E-state index contributed by atoms with van der Waals surface area (Å²) >= 11 is 0. The van der Waals surface area contributed by atoms with Crippen LogP contribution in [0, 0.1) is 0 Å². The van der Waals surface area contributed by atoms with E-state index in [4.69, 9.17) is 0 Å². The zero-order chi connectivity index (χ0) is 13.0. The molecule has 1 aliphatic heterocycles. The molecule has 1 aliphatic rings. The fourth-order valence-corrected chi connectivity index (χ4v) is 2.17. The summed E-state index contributed by atoms with van der Waals surface area (Å²) in [7, 11) is 1.81. The normalized spacial score (nSPS) is 23.0. The fraction of sp³-hybridized carbons (Fsp3) is 0.500. The molecule has 0 aliphatic carbocycles. The van der Waals surface area contributed by atoms with E-state index in [2.05, 4.69) is 17.6 Å². The molecule has 1 amide bonds. The smallest absolute Gasteiger partial charge is 0.240 e. The van der Waals surface area contributed by atoms with Crippen molar-refractivity contribution in [3.63, 3.8) is 0 Å². The van der Waals surface area contributed by atoms with Crippen molar-refractivity contribution in [2.24, 2.45) is 0 Å². The predicted molar refractivity (Wildman–Crippen MR) is 73.7 cm³/mol. The van der Waals surface area contributed by atoms with E-state index in [0.717, 1.165) is 25.2 Å². The second-order valence-corrected chi connectivity index (χ2v) is 5.13. The van der Waals surface area contributed by atoms with E-state index >= 15 is 0 Å². The Balaban J connectivity index is 1.88. The first-order valence-corrected chi connectivity index (χ1v) is 6.38. The summed E-state index contributed by atoms with van der Waals surface area (Å²) in [5.41, 5.74) is 0.978. The Labute approximate surface area is 108 Å². The standard InChI is InChI=1S/C14H21N3O/c1-14(8-9-15-11-14)16-10-13(18)17(2)12-6-4-3-5-7-12/h3-7,15-16H,8-11H2,1-2H3. The number of amides is 1. The van der Waals surface area contributed by atoms with Gasteiger partial charge in [0.2, 0.25) is 5.91 Å². The van der Waals surface area contributed by atoms with Crippen LogP contribution in [-0.2, 0) is 4.79 Å². The number of rotatable bonds is 4. The largest absolute Gasteiger partial charge is 0.315 e. The van der Waals surface area contributed by atoms with E-state index in [0.29, 0.717) is 6.54 Å². The summed E-state index contributed by atoms with van der Waals surface area (Å²) in [6.45, 7) is 4.48. The monoisotopic (exact) mass is 247 g/mol. The fourth-order valence-electron chi connectivity index (χ4n) is 2.17. The Morgan fingerprint density at radius 1 is 1.44 bits per heavy atom. The van der Waals surface area contributed by atoms with E-state index < -0.39 is 0 Å². The van der Waals surface area contributed by atoms with E-state index in [-0.39, 0.29) is 11.4 Å². The van der Waals surface area contributed by atoms with Crippen LogP contribution < -0.4 is 15.5 Å². The minimum Gasteiger partial charge on any atom is -0.315 e. The van der Waals surface area contributed by atoms with Crippen molar-refractivity contribution < 1.29 is 4.79 Å². The van der Waals surface area contributed by atoms with Crippen molar-refractivity contribution in [3.8, 4) is 0 Å². The van der Waals surface area contributed by atoms with Crippen LogP contribution in [-0.4, -0.2) is 38.1 Å². The molecule has 0 aromatic heterocycles. The molecule has 0 radical (unpaired) electrons. The molecule has 1 aromatic rings. The molecule has 4 nitrogen and oxygen atoms in total. The number of hydrogen-bond acceptors (Lipinski definition) is 3. The average Bonchev–Trinajstić information content (AvgIpc) is 2.83. The van der Waals surface area contributed by atoms with Gasteiger partial charge in [0.15, 0.2) is 0 Å². The maximum Gasteiger partial charge on any atom is 0.240 e. The van der Waals surface area contributed by atoms with Crippen LogP contribution in [0.3, 0.4) is 0 Å². The molecule has 0 bridgehead atoms. The lowest BCUT2D eigenvalue weighted by atomic mass is 10.0. The summed E-state index contributed by atoms with van der Waals surface area (Å²) in [4.78, 5) is 13.8. The Bertz CT molecular complexity index is 399. The quantitative estimate of drug-likeness (QED) is 0.834. The zero-order valence-corrected chi connectivity index (χ0v) is 11.1. The zero-order valence-electron chi connectivity index (χ0n) is 11.1. The molecular weight excluding hydrogens is 226 g/mol. The highest BCUT2D eigenvalue weighted by Gasteiger charge is 2.28. The third-order valence-electron chi connectivity index (χ3n) is 3.55. The maximum absolute atomic E-state index is 12.1. The van der Waals surface area contributed by atoms with Crippen molar-refractivity contribution in [2.45, 2.75) is 18.9 Å². The Morgan fingerprint density at radius 2 is 2.17 bits per heavy atom. The van der Waals surface area contributed by atoms with Gasteiger partial charge in [0.1, 0.15) is 0 Å². The summed E-state index contributed by atoms with van der Waals surface area (Å²) < 4.78 is 0. The second-order valence-electron chi connectivity index (χ2n) is 5.13. The average molecular weight is 247 g/mol. The van der Waals surface area contributed by atoms with Gasteiger partial charge in [-0.2, -0.15) is 0 Å². The van der Waals surface area contributed by atoms with Gasteiger partial charge in [-0.3, -0.25) is 4.79 Å². The van der Waals surface area contributed by atoms with Gasteiger partial charge in [0, 0.05) is 24.8 Å². The minimum absolute atomic E-state index is 0.0488. The number of benzene rings is 1. The van der Waals surface area contributed by atoms with Crippen LogP contribution in [0.15, 0.2) is 30.3 Å². The first-order valence-electron chi connectivity index (χ1n) is 6.38. The van der Waals surface area contributed by atoms with E-state index in [9.17, 15) is 4.79 Å². The van der Waals surface area contributed by atoms with E-state index in [1.807, 2.05) is 37.4 Å². The van der Waals surface area contributed by atoms with Crippen LogP contribution in [0.4, 0.5) is 5.69 Å². The molecule has 0 spiro atoms. The third-order valence-corrected chi connectivity index (χ3v) is 3.55. The van der Waals surface area contributed by atoms with E-state index in [1.54, 1.807) is 4.90 Å². The number of likely N-dealkylation sites (N-methyl/N-ethyl adjacent to an activating group) is 1. The maximum atomic E-state index is 12.1. The van der Waals surface area contributed by atoms with Gasteiger partial charge >= 0.3 is 0 Å². The molecule has 1 fully saturated rings. The minimum atomic E-state index is 0.0488. The molecule has 0 saturated carbocycles. The van der Waals surface area contributed by atoms with Crippen LogP contribution in [0.2, 0.25) is 0 Å². The van der Waals surface area contributed by atoms with Crippen LogP contribution in [0.1, 0.15) is 13.3 Å². The van der Waals surface area contributed by atoms with Gasteiger partial charge in [-0.15, -0.1) is 0 Å². The van der Waals surface area contributed by atoms with Crippen molar-refractivity contribution in [3.05, 3.63) is 30.3 Å². The molecule has 2 N–H and O–H groups in total. The van der Waals surface area contributed by atoms with Crippen LogP contribution in [0.5, 0.6) is 0 Å². The lowest BCUT2D eigenvalue weighted by Crippen LogP contribution is -2.48. The summed E-state index contributed by atoms with van der Waals surface area (Å²) in [6, 6.07) is 9.71. The highest BCUT2D eigenvalue weighted by molar-refractivity contribution is 5.94. The molecule has 2 rings (SSSR count). The Hall–Kier alpha value is -1.39. The molecule has 1 aromatic carbocycles. The van der Waals surface area contributed by atoms with Crippen LogP contribution in [0.25, 0.3) is 0 Å². The van der Waals surface area contributed by atoms with Gasteiger partial charge < -0.3 is 15.5 Å². The topological polar surface area (TPSA) is 44.4 Å². The SMILES string of the molecule is CN(C(=O)CNC1(C)CCNC1)c1ccccc1. The lowest BCUT2D eigenvalue weighted by molar-refractivity contribution is -0.117. The molecule has 1 atom stereocenters. The molecule has 1 heterocycles. The van der Waals surface area contributed by atoms with Gasteiger partial charge in [-0.1, -0.05) is 18.2 Å². The van der Waals surface area contributed by atoms with Gasteiger partial charge in [0.05, 0.1) is 6.54 Å². The first-order chi connectivity index (χ1) is 8.61. The number of carbonyl (C=O) groups is 1. The highest BCUT2D eigenvalue weighted by atomic mass is 16.2.